The van der Waals surface area contributed by atoms with Gasteiger partial charge in [0.05, 0.1) is 6.61 Å². The molecule has 2 rings (SSSR count). The summed E-state index contributed by atoms with van der Waals surface area (Å²) in [4.78, 5) is 27.6. The summed E-state index contributed by atoms with van der Waals surface area (Å²) in [7, 11) is 0. The van der Waals surface area contributed by atoms with E-state index in [9.17, 15) is 9.59 Å². The Kier molecular flexibility index (Phi) is 8.77. The van der Waals surface area contributed by atoms with Gasteiger partial charge in [-0.15, -0.1) is 0 Å². The molecule has 2 amide bonds. The first-order valence-corrected chi connectivity index (χ1v) is 10.5. The fourth-order valence-corrected chi connectivity index (χ4v) is 3.51. The standard InChI is InChI=1S/C22H35N3O3/c1-5-23-15-17-11-13-25(14-12-17)22(27)20(16(3)4)24-21(26)18-7-9-19(10-8-18)28-6-2/h7-10,16-17,20,23H,5-6,11-15H2,1-4H3,(H,24,26). The Balaban J connectivity index is 1.95. The average Bonchev–Trinajstić information content (AvgIpc) is 2.70. The Bertz CT molecular complexity index is 622. The predicted molar refractivity (Wildman–Crippen MR) is 112 cm³/mol. The second kappa shape index (κ2) is 11.1. The Morgan fingerprint density at radius 1 is 1.14 bits per heavy atom. The highest BCUT2D eigenvalue weighted by atomic mass is 16.5. The van der Waals surface area contributed by atoms with Gasteiger partial charge in [0.1, 0.15) is 11.8 Å². The Hall–Kier alpha value is -2.08. The number of rotatable bonds is 9. The second-order valence-corrected chi connectivity index (χ2v) is 7.73. The molecular weight excluding hydrogens is 354 g/mol. The molecule has 0 spiro atoms. The lowest BCUT2D eigenvalue weighted by Gasteiger charge is -2.35. The first-order valence-electron chi connectivity index (χ1n) is 10.5. The van der Waals surface area contributed by atoms with Crippen LogP contribution < -0.4 is 15.4 Å². The van der Waals surface area contributed by atoms with Crippen molar-refractivity contribution in [3.05, 3.63) is 29.8 Å². The molecule has 0 radical (unpaired) electrons. The lowest BCUT2D eigenvalue weighted by molar-refractivity contribution is -0.135. The van der Waals surface area contributed by atoms with E-state index >= 15 is 0 Å². The minimum absolute atomic E-state index is 0.0242. The smallest absolute Gasteiger partial charge is 0.251 e. The molecule has 0 saturated carbocycles. The molecule has 1 aromatic rings. The molecule has 1 heterocycles. The van der Waals surface area contributed by atoms with Crippen LogP contribution in [-0.2, 0) is 4.79 Å². The van der Waals surface area contributed by atoms with E-state index in [2.05, 4.69) is 17.6 Å². The summed E-state index contributed by atoms with van der Waals surface area (Å²) in [6.45, 7) is 12.1. The number of nitrogens with one attached hydrogen (secondary N) is 2. The summed E-state index contributed by atoms with van der Waals surface area (Å²) in [5, 5.41) is 6.33. The van der Waals surface area contributed by atoms with Crippen molar-refractivity contribution < 1.29 is 14.3 Å². The number of hydrogen-bond donors (Lipinski definition) is 2. The van der Waals surface area contributed by atoms with Crippen LogP contribution in [0.3, 0.4) is 0 Å². The van der Waals surface area contributed by atoms with Gasteiger partial charge in [-0.05, 0) is 69.0 Å². The number of benzene rings is 1. The summed E-state index contributed by atoms with van der Waals surface area (Å²) < 4.78 is 5.41. The molecule has 28 heavy (non-hydrogen) atoms. The van der Waals surface area contributed by atoms with Gasteiger partial charge in [0.25, 0.3) is 5.91 Å². The van der Waals surface area contributed by atoms with E-state index in [-0.39, 0.29) is 17.7 Å². The van der Waals surface area contributed by atoms with Gasteiger partial charge >= 0.3 is 0 Å². The third-order valence-corrected chi connectivity index (χ3v) is 5.26. The summed E-state index contributed by atoms with van der Waals surface area (Å²) in [5.74, 6) is 1.18. The highest BCUT2D eigenvalue weighted by Crippen LogP contribution is 2.19. The zero-order valence-corrected chi connectivity index (χ0v) is 17.7. The number of likely N-dealkylation sites (tertiary alicyclic amines) is 1. The summed E-state index contributed by atoms with van der Waals surface area (Å²) in [5.41, 5.74) is 0.534. The lowest BCUT2D eigenvalue weighted by atomic mass is 9.95. The SMILES string of the molecule is CCNCC1CCN(C(=O)C(NC(=O)c2ccc(OCC)cc2)C(C)C)CC1. The van der Waals surface area contributed by atoms with Gasteiger partial charge < -0.3 is 20.3 Å². The maximum atomic E-state index is 13.0. The van der Waals surface area contributed by atoms with Gasteiger partial charge in [0.2, 0.25) is 5.91 Å². The van der Waals surface area contributed by atoms with Crippen LogP contribution in [0.1, 0.15) is 50.9 Å². The molecule has 0 aliphatic carbocycles. The first-order chi connectivity index (χ1) is 13.5. The molecular formula is C22H35N3O3. The van der Waals surface area contributed by atoms with Crippen molar-refractivity contribution in [1.29, 1.82) is 0 Å². The predicted octanol–water partition coefficient (Wildman–Crippen LogP) is 2.69. The third-order valence-electron chi connectivity index (χ3n) is 5.26. The van der Waals surface area contributed by atoms with E-state index in [0.717, 1.165) is 44.8 Å². The zero-order chi connectivity index (χ0) is 20.5. The Labute approximate surface area is 169 Å². The maximum absolute atomic E-state index is 13.0. The summed E-state index contributed by atoms with van der Waals surface area (Å²) in [6.07, 6.45) is 2.02. The molecule has 1 atom stereocenters. The minimum Gasteiger partial charge on any atom is -0.494 e. The van der Waals surface area contributed by atoms with E-state index in [1.807, 2.05) is 25.7 Å². The average molecular weight is 390 g/mol. The van der Waals surface area contributed by atoms with Crippen molar-refractivity contribution in [2.75, 3.05) is 32.8 Å². The van der Waals surface area contributed by atoms with Gasteiger partial charge in [-0.1, -0.05) is 20.8 Å². The van der Waals surface area contributed by atoms with Crippen LogP contribution in [-0.4, -0.2) is 55.5 Å². The number of amides is 2. The zero-order valence-electron chi connectivity index (χ0n) is 17.7. The molecule has 0 aromatic heterocycles. The van der Waals surface area contributed by atoms with Crippen LogP contribution in [0.15, 0.2) is 24.3 Å². The molecule has 1 aliphatic rings. The highest BCUT2D eigenvalue weighted by molar-refractivity contribution is 5.97. The van der Waals surface area contributed by atoms with Gasteiger partial charge in [0, 0.05) is 18.7 Å². The quantitative estimate of drug-likeness (QED) is 0.681. The molecule has 6 nitrogen and oxygen atoms in total. The van der Waals surface area contributed by atoms with Gasteiger partial charge in [-0.3, -0.25) is 9.59 Å². The van der Waals surface area contributed by atoms with E-state index in [4.69, 9.17) is 4.74 Å². The van der Waals surface area contributed by atoms with Crippen LogP contribution in [0, 0.1) is 11.8 Å². The molecule has 1 fully saturated rings. The minimum atomic E-state index is -0.510. The molecule has 1 saturated heterocycles. The fourth-order valence-electron chi connectivity index (χ4n) is 3.51. The second-order valence-electron chi connectivity index (χ2n) is 7.73. The summed E-state index contributed by atoms with van der Waals surface area (Å²) >= 11 is 0. The number of piperidine rings is 1. The Morgan fingerprint density at radius 3 is 2.32 bits per heavy atom. The van der Waals surface area contributed by atoms with Crippen molar-refractivity contribution >= 4 is 11.8 Å². The van der Waals surface area contributed by atoms with Crippen LogP contribution in [0.4, 0.5) is 0 Å². The van der Waals surface area contributed by atoms with Crippen molar-refractivity contribution in [3.63, 3.8) is 0 Å². The van der Waals surface area contributed by atoms with E-state index in [1.54, 1.807) is 24.3 Å². The van der Waals surface area contributed by atoms with Crippen molar-refractivity contribution in [2.24, 2.45) is 11.8 Å². The monoisotopic (exact) mass is 389 g/mol. The number of carbonyl (C=O) groups is 2. The number of nitrogens with zero attached hydrogens (tertiary/aromatic N) is 1. The molecule has 6 heteroatoms. The van der Waals surface area contributed by atoms with Crippen molar-refractivity contribution in [2.45, 2.75) is 46.6 Å². The third kappa shape index (κ3) is 6.23. The lowest BCUT2D eigenvalue weighted by Crippen LogP contribution is -2.53. The largest absolute Gasteiger partial charge is 0.494 e. The van der Waals surface area contributed by atoms with E-state index < -0.39 is 6.04 Å². The topological polar surface area (TPSA) is 70.7 Å². The Morgan fingerprint density at radius 2 is 1.79 bits per heavy atom. The normalized spacial score (nSPS) is 16.1. The van der Waals surface area contributed by atoms with E-state index in [1.165, 1.54) is 0 Å². The first kappa shape index (κ1) is 22.2. The summed E-state index contributed by atoms with van der Waals surface area (Å²) in [6, 6.07) is 6.51. The fraction of sp³-hybridized carbons (Fsp3) is 0.636. The molecule has 1 unspecified atom stereocenters. The number of carbonyl (C=O) groups excluding carboxylic acids is 2. The molecule has 2 N–H and O–H groups in total. The van der Waals surface area contributed by atoms with Crippen LogP contribution in [0.25, 0.3) is 0 Å². The van der Waals surface area contributed by atoms with E-state index in [0.29, 0.717) is 18.1 Å². The van der Waals surface area contributed by atoms with Crippen LogP contribution in [0.5, 0.6) is 5.75 Å². The highest BCUT2D eigenvalue weighted by Gasteiger charge is 2.31. The number of ether oxygens (including phenoxy) is 1. The molecule has 1 aromatic carbocycles. The van der Waals surface area contributed by atoms with Crippen LogP contribution >= 0.6 is 0 Å². The van der Waals surface area contributed by atoms with Gasteiger partial charge in [0.15, 0.2) is 0 Å². The van der Waals surface area contributed by atoms with Crippen molar-refractivity contribution in [3.8, 4) is 5.75 Å². The molecule has 1 aliphatic heterocycles. The van der Waals surface area contributed by atoms with Crippen molar-refractivity contribution in [1.82, 2.24) is 15.5 Å². The molecule has 156 valence electrons. The van der Waals surface area contributed by atoms with Gasteiger partial charge in [-0.25, -0.2) is 0 Å². The van der Waals surface area contributed by atoms with Gasteiger partial charge in [-0.2, -0.15) is 0 Å². The molecule has 0 bridgehead atoms. The maximum Gasteiger partial charge on any atom is 0.251 e. The van der Waals surface area contributed by atoms with Crippen LogP contribution in [0.2, 0.25) is 0 Å². The number of hydrogen-bond acceptors (Lipinski definition) is 4.